The van der Waals surface area contributed by atoms with Gasteiger partial charge in [-0.3, -0.25) is 14.9 Å². The molecule has 1 heterocycles. The van der Waals surface area contributed by atoms with E-state index >= 15 is 0 Å². The second-order valence-electron chi connectivity index (χ2n) is 6.16. The molecule has 1 fully saturated rings. The van der Waals surface area contributed by atoms with Crippen LogP contribution in [0.25, 0.3) is 0 Å². The fraction of sp³-hybridized carbons (Fsp3) is 0.529. The van der Waals surface area contributed by atoms with E-state index in [0.29, 0.717) is 31.6 Å². The molecule has 0 unspecified atom stereocenters. The van der Waals surface area contributed by atoms with Crippen LogP contribution in [0.2, 0.25) is 0 Å². The lowest BCUT2D eigenvalue weighted by Crippen LogP contribution is -2.36. The highest BCUT2D eigenvalue weighted by molar-refractivity contribution is 7.81. The molecule has 1 aromatic rings. The van der Waals surface area contributed by atoms with Gasteiger partial charge in [0.05, 0.1) is 11.5 Å². The van der Waals surface area contributed by atoms with Gasteiger partial charge in [0.25, 0.3) is 5.69 Å². The lowest BCUT2D eigenvalue weighted by molar-refractivity contribution is -0.384. The zero-order valence-electron chi connectivity index (χ0n) is 14.5. The van der Waals surface area contributed by atoms with Gasteiger partial charge < -0.3 is 14.4 Å². The van der Waals surface area contributed by atoms with Gasteiger partial charge in [0.2, 0.25) is 0 Å². The van der Waals surface area contributed by atoms with Gasteiger partial charge >= 0.3 is 12.1 Å². The first-order chi connectivity index (χ1) is 12.4. The van der Waals surface area contributed by atoms with Crippen LogP contribution in [0.3, 0.4) is 0 Å². The molecule has 0 aromatic heterocycles. The molecular formula is C17H22N2O6S. The van der Waals surface area contributed by atoms with Crippen LogP contribution in [0.5, 0.6) is 0 Å². The summed E-state index contributed by atoms with van der Waals surface area (Å²) < 4.78 is 10.2. The largest absolute Gasteiger partial charge is 0.466 e. The molecule has 142 valence electrons. The maximum Gasteiger partial charge on any atom is 0.410 e. The third-order valence-electron chi connectivity index (χ3n) is 4.12. The number of rotatable bonds is 7. The Morgan fingerprint density at radius 3 is 2.62 bits per heavy atom. The normalized spacial score (nSPS) is 19.2. The van der Waals surface area contributed by atoms with E-state index in [1.807, 2.05) is 0 Å². The van der Waals surface area contributed by atoms with Crippen molar-refractivity contribution in [2.45, 2.75) is 44.1 Å². The molecular weight excluding hydrogens is 360 g/mol. The fourth-order valence-corrected chi connectivity index (χ4v) is 3.29. The number of ether oxygens (including phenoxy) is 2. The molecule has 2 rings (SSSR count). The Morgan fingerprint density at radius 2 is 2.00 bits per heavy atom. The molecule has 0 spiro atoms. The SMILES string of the molecule is CC(=O)OCCC[C@@H]1C[C@H](S)CN1C(=O)OCc1ccc([N+](=O)[O-])cc1. The van der Waals surface area contributed by atoms with Gasteiger partial charge in [-0.15, -0.1) is 0 Å². The highest BCUT2D eigenvalue weighted by atomic mass is 32.1. The molecule has 1 aromatic carbocycles. The van der Waals surface area contributed by atoms with Crippen LogP contribution >= 0.6 is 12.6 Å². The number of benzene rings is 1. The Kier molecular flexibility index (Phi) is 7.26. The topological polar surface area (TPSA) is 99.0 Å². The monoisotopic (exact) mass is 382 g/mol. The van der Waals surface area contributed by atoms with Crippen molar-refractivity contribution in [2.24, 2.45) is 0 Å². The fourth-order valence-electron chi connectivity index (χ4n) is 2.87. The predicted octanol–water partition coefficient (Wildman–Crippen LogP) is 2.95. The van der Waals surface area contributed by atoms with Crippen LogP contribution in [0.4, 0.5) is 10.5 Å². The van der Waals surface area contributed by atoms with Gasteiger partial charge in [-0.2, -0.15) is 12.6 Å². The molecule has 0 N–H and O–H groups in total. The smallest absolute Gasteiger partial charge is 0.410 e. The van der Waals surface area contributed by atoms with Gasteiger partial charge in [0.15, 0.2) is 0 Å². The zero-order valence-corrected chi connectivity index (χ0v) is 15.4. The Morgan fingerprint density at radius 1 is 1.31 bits per heavy atom. The van der Waals surface area contributed by atoms with Crippen molar-refractivity contribution in [2.75, 3.05) is 13.2 Å². The van der Waals surface area contributed by atoms with Crippen LogP contribution in [-0.2, 0) is 20.9 Å². The van der Waals surface area contributed by atoms with Crippen LogP contribution < -0.4 is 0 Å². The number of nitro groups is 1. The standard InChI is InChI=1S/C17H22N2O6S/c1-12(20)24-8-2-3-15-9-16(26)10-18(15)17(21)25-11-13-4-6-14(7-5-13)19(22)23/h4-7,15-16,26H,2-3,8-11H2,1H3/t15-,16+/m1/s1. The second kappa shape index (κ2) is 9.42. The van der Waals surface area contributed by atoms with Gasteiger partial charge in [-0.05, 0) is 37.0 Å². The van der Waals surface area contributed by atoms with E-state index in [9.17, 15) is 19.7 Å². The van der Waals surface area contributed by atoms with Crippen molar-refractivity contribution in [3.05, 3.63) is 39.9 Å². The van der Waals surface area contributed by atoms with E-state index in [-0.39, 0.29) is 29.6 Å². The van der Waals surface area contributed by atoms with Crippen LogP contribution in [0.1, 0.15) is 31.7 Å². The lowest BCUT2D eigenvalue weighted by Gasteiger charge is -2.23. The number of hydrogen-bond donors (Lipinski definition) is 1. The van der Waals surface area contributed by atoms with E-state index < -0.39 is 11.0 Å². The van der Waals surface area contributed by atoms with E-state index in [0.717, 1.165) is 6.42 Å². The van der Waals surface area contributed by atoms with Crippen molar-refractivity contribution in [3.8, 4) is 0 Å². The van der Waals surface area contributed by atoms with Crippen molar-refractivity contribution >= 4 is 30.4 Å². The van der Waals surface area contributed by atoms with Crippen LogP contribution in [-0.4, -0.2) is 46.3 Å². The zero-order chi connectivity index (χ0) is 19.1. The minimum atomic E-state index is -0.479. The number of esters is 1. The third kappa shape index (κ3) is 5.91. The quantitative estimate of drug-likeness (QED) is 0.256. The number of nitro benzene ring substituents is 1. The average molecular weight is 382 g/mol. The van der Waals surface area contributed by atoms with E-state index in [4.69, 9.17) is 9.47 Å². The molecule has 1 amide bonds. The van der Waals surface area contributed by atoms with Gasteiger partial charge in [0.1, 0.15) is 6.61 Å². The molecule has 0 radical (unpaired) electrons. The molecule has 0 saturated carbocycles. The summed E-state index contributed by atoms with van der Waals surface area (Å²) in [6.07, 6.45) is 1.70. The van der Waals surface area contributed by atoms with Crippen molar-refractivity contribution in [3.63, 3.8) is 0 Å². The minimum absolute atomic E-state index is 0.00239. The highest BCUT2D eigenvalue weighted by Crippen LogP contribution is 2.26. The van der Waals surface area contributed by atoms with Gasteiger partial charge in [-0.25, -0.2) is 4.79 Å². The number of non-ortho nitro benzene ring substituents is 1. The predicted molar refractivity (Wildman–Crippen MR) is 97.0 cm³/mol. The number of likely N-dealkylation sites (tertiary alicyclic amines) is 1. The molecule has 0 aliphatic carbocycles. The van der Waals surface area contributed by atoms with Crippen LogP contribution in [0.15, 0.2) is 24.3 Å². The van der Waals surface area contributed by atoms with E-state index in [2.05, 4.69) is 12.6 Å². The van der Waals surface area contributed by atoms with Gasteiger partial charge in [0, 0.05) is 36.9 Å². The number of carbonyl (C=O) groups is 2. The summed E-state index contributed by atoms with van der Waals surface area (Å²) in [5, 5.41) is 10.7. The first-order valence-electron chi connectivity index (χ1n) is 8.35. The number of thiol groups is 1. The molecule has 1 aliphatic rings. The summed E-state index contributed by atoms with van der Waals surface area (Å²) in [5.41, 5.74) is 0.669. The Labute approximate surface area is 157 Å². The third-order valence-corrected chi connectivity index (χ3v) is 4.50. The summed E-state index contributed by atoms with van der Waals surface area (Å²) in [6, 6.07) is 5.87. The second-order valence-corrected chi connectivity index (χ2v) is 6.89. The lowest BCUT2D eigenvalue weighted by atomic mass is 10.1. The summed E-state index contributed by atoms with van der Waals surface area (Å²) >= 11 is 4.45. The summed E-state index contributed by atoms with van der Waals surface area (Å²) in [7, 11) is 0. The summed E-state index contributed by atoms with van der Waals surface area (Å²) in [5.74, 6) is -0.317. The number of nitrogens with zero attached hydrogens (tertiary/aromatic N) is 2. The molecule has 0 bridgehead atoms. The first-order valence-corrected chi connectivity index (χ1v) is 8.86. The Hall–Kier alpha value is -2.29. The Bertz CT molecular complexity index is 651. The number of carbonyl (C=O) groups excluding carboxylic acids is 2. The molecule has 1 aliphatic heterocycles. The molecule has 2 atom stereocenters. The highest BCUT2D eigenvalue weighted by Gasteiger charge is 2.34. The van der Waals surface area contributed by atoms with E-state index in [1.54, 1.807) is 17.0 Å². The van der Waals surface area contributed by atoms with Crippen LogP contribution in [0, 0.1) is 10.1 Å². The maximum atomic E-state index is 12.4. The summed E-state index contributed by atoms with van der Waals surface area (Å²) in [6.45, 7) is 2.24. The molecule has 26 heavy (non-hydrogen) atoms. The van der Waals surface area contributed by atoms with Crippen molar-refractivity contribution < 1.29 is 24.0 Å². The molecule has 1 saturated heterocycles. The maximum absolute atomic E-state index is 12.4. The van der Waals surface area contributed by atoms with E-state index in [1.165, 1.54) is 19.1 Å². The first kappa shape index (κ1) is 20.0. The van der Waals surface area contributed by atoms with Crippen molar-refractivity contribution in [1.82, 2.24) is 4.90 Å². The molecule has 9 heteroatoms. The van der Waals surface area contributed by atoms with Crippen molar-refractivity contribution in [1.29, 1.82) is 0 Å². The minimum Gasteiger partial charge on any atom is -0.466 e. The van der Waals surface area contributed by atoms with Gasteiger partial charge in [-0.1, -0.05) is 0 Å². The molecule has 8 nitrogen and oxygen atoms in total. The summed E-state index contributed by atoms with van der Waals surface area (Å²) in [4.78, 5) is 35.0. The Balaban J connectivity index is 1.83. The average Bonchev–Trinajstić information content (AvgIpc) is 2.97. The number of hydrogen-bond acceptors (Lipinski definition) is 7. The number of amides is 1.